The third-order valence-corrected chi connectivity index (χ3v) is 12.1. The Morgan fingerprint density at radius 1 is 1.00 bits per heavy atom. The molecule has 0 radical (unpaired) electrons. The van der Waals surface area contributed by atoms with Crippen LogP contribution in [0.5, 0.6) is 0 Å². The van der Waals surface area contributed by atoms with Gasteiger partial charge in [0.15, 0.2) is 0 Å². The Morgan fingerprint density at radius 2 is 1.55 bits per heavy atom. The van der Waals surface area contributed by atoms with Gasteiger partial charge in [-0.05, 0) is 0 Å². The van der Waals surface area contributed by atoms with Crippen molar-refractivity contribution in [3.8, 4) is 0 Å². The van der Waals surface area contributed by atoms with Crippen molar-refractivity contribution in [2.24, 2.45) is 0 Å². The first-order valence-electron chi connectivity index (χ1n) is 7.52. The average Bonchev–Trinajstić information content (AvgIpc) is 2.79. The molecular weight excluding hydrogens is 365 g/mol. The number of halogens is 2. The molecule has 1 aromatic rings. The Bertz CT molecular complexity index is 616. The molecule has 1 heterocycles. The van der Waals surface area contributed by atoms with Crippen LogP contribution in [-0.2, 0) is 19.2 Å². The van der Waals surface area contributed by atoms with Crippen molar-refractivity contribution in [3.63, 3.8) is 0 Å². The van der Waals surface area contributed by atoms with Gasteiger partial charge in [-0.1, -0.05) is 0 Å². The Balaban J connectivity index is 0.00000220. The first-order chi connectivity index (χ1) is 9.21. The van der Waals surface area contributed by atoms with E-state index in [1.165, 1.54) is 15.1 Å². The number of rotatable bonds is 3. The molecule has 0 fully saturated rings. The molecule has 0 bridgehead atoms. The van der Waals surface area contributed by atoms with Gasteiger partial charge in [-0.25, -0.2) is 0 Å². The average molecular weight is 392 g/mol. The fourth-order valence-corrected chi connectivity index (χ4v) is 9.26. The zero-order chi connectivity index (χ0) is 15.2. The van der Waals surface area contributed by atoms with Crippen LogP contribution < -0.4 is 28.8 Å². The van der Waals surface area contributed by atoms with Crippen LogP contribution in [0.2, 0.25) is 18.1 Å². The number of aryl methyl sites for hydroxylation is 1. The minimum atomic E-state index is -0.779. The van der Waals surface area contributed by atoms with Crippen molar-refractivity contribution in [1.82, 2.24) is 4.98 Å². The summed E-state index contributed by atoms with van der Waals surface area (Å²) < 4.78 is 3.32. The molecule has 1 unspecified atom stereocenters. The summed E-state index contributed by atoms with van der Waals surface area (Å²) in [6.45, 7) is 19.1. The molecule has 0 spiro atoms. The molecule has 1 atom stereocenters. The summed E-state index contributed by atoms with van der Waals surface area (Å²) in [4.78, 5) is 3.55. The number of hydrogen-bond acceptors (Lipinski definition) is 0. The molecule has 0 amide bonds. The third-order valence-electron chi connectivity index (χ3n) is 5.60. The van der Waals surface area contributed by atoms with Gasteiger partial charge in [-0.15, -0.1) is 0 Å². The van der Waals surface area contributed by atoms with Gasteiger partial charge in [0.2, 0.25) is 0 Å². The van der Waals surface area contributed by atoms with E-state index in [2.05, 4.69) is 65.8 Å². The van der Waals surface area contributed by atoms with Gasteiger partial charge in [0.05, 0.1) is 0 Å². The standard InChI is InChI=1S/C11H19Si.C6H8N.2ClH.Ti/c1-8-7-11(4,12(5)6)10(3)9(8)2;1-5-3-7-4-6(5)2;;;/h12H,1-6H3;3,7H,1-2H3;2*1H;/q;;;;+2/p-2. The number of hydrogen-bond donors (Lipinski definition) is 1. The minimum Gasteiger partial charge on any atom is -1.00 e. The zero-order valence-electron chi connectivity index (χ0n) is 14.9. The monoisotopic (exact) mass is 391 g/mol. The summed E-state index contributed by atoms with van der Waals surface area (Å²) >= 11 is -0.237. The van der Waals surface area contributed by atoms with E-state index in [-0.39, 0.29) is 44.0 Å². The Labute approximate surface area is 158 Å². The molecule has 1 nitrogen and oxygen atoms in total. The first kappa shape index (κ1) is 22.3. The fourth-order valence-electron chi connectivity index (χ4n) is 3.23. The molecule has 2 rings (SSSR count). The molecule has 0 saturated heterocycles. The predicted molar refractivity (Wildman–Crippen MR) is 88.2 cm³/mol. The van der Waals surface area contributed by atoms with Crippen molar-refractivity contribution in [1.29, 1.82) is 0 Å². The van der Waals surface area contributed by atoms with E-state index in [1.54, 1.807) is 20.6 Å². The summed E-state index contributed by atoms with van der Waals surface area (Å²) in [6, 6.07) is 0. The number of aromatic amines is 1. The maximum absolute atomic E-state index is 3.55. The quantitative estimate of drug-likeness (QED) is 0.586. The van der Waals surface area contributed by atoms with Crippen molar-refractivity contribution in [2.45, 2.75) is 59.7 Å². The second kappa shape index (κ2) is 7.90. The van der Waals surface area contributed by atoms with E-state index in [1.807, 2.05) is 0 Å². The van der Waals surface area contributed by atoms with Crippen molar-refractivity contribution in [2.75, 3.05) is 0 Å². The van der Waals surface area contributed by atoms with E-state index >= 15 is 0 Å². The molecule has 1 aliphatic rings. The second-order valence-corrected chi connectivity index (χ2v) is 12.1. The Hall–Kier alpha value is 0.271. The summed E-state index contributed by atoms with van der Waals surface area (Å²) in [5.74, 6) is 0. The number of allylic oxidation sites excluding steroid dienone is 4. The first-order valence-corrected chi connectivity index (χ1v) is 12.0. The van der Waals surface area contributed by atoms with Crippen LogP contribution in [-0.4, -0.2) is 13.8 Å². The van der Waals surface area contributed by atoms with E-state index in [9.17, 15) is 0 Å². The van der Waals surface area contributed by atoms with E-state index in [0.29, 0.717) is 5.04 Å². The van der Waals surface area contributed by atoms with Crippen molar-refractivity contribution in [3.05, 3.63) is 37.9 Å². The maximum Gasteiger partial charge on any atom is -1.00 e. The minimum absolute atomic E-state index is 0. The smallest absolute Gasteiger partial charge is 1.00 e. The van der Waals surface area contributed by atoms with Crippen LogP contribution in [0.4, 0.5) is 0 Å². The molecule has 122 valence electrons. The molecule has 5 heteroatoms. The number of H-pyrrole nitrogens is 1. The van der Waals surface area contributed by atoms with Crippen LogP contribution in [0.25, 0.3) is 0 Å². The van der Waals surface area contributed by atoms with Gasteiger partial charge in [-0.3, -0.25) is 0 Å². The molecular formula is C17H27Cl2NSiTi. The molecule has 0 aromatic carbocycles. The SMILES string of the molecule is CC1=C(C)C(C)([SiH](C)C)[C]([Ti+2][c]2[nH]cc(C)c2C)=C1C.[Cl-].[Cl-]. The molecule has 0 saturated carbocycles. The summed E-state index contributed by atoms with van der Waals surface area (Å²) in [6.07, 6.45) is 2.18. The van der Waals surface area contributed by atoms with Gasteiger partial charge < -0.3 is 24.8 Å². The van der Waals surface area contributed by atoms with Crippen LogP contribution in [0.15, 0.2) is 26.8 Å². The van der Waals surface area contributed by atoms with Crippen LogP contribution in [0, 0.1) is 13.8 Å². The van der Waals surface area contributed by atoms with Crippen molar-refractivity contribution < 1.29 is 44.0 Å². The number of nitrogens with one attached hydrogen (secondary N) is 1. The van der Waals surface area contributed by atoms with Gasteiger partial charge >= 0.3 is 135 Å². The van der Waals surface area contributed by atoms with Gasteiger partial charge in [-0.2, -0.15) is 0 Å². The molecule has 22 heavy (non-hydrogen) atoms. The Morgan fingerprint density at radius 3 is 1.95 bits per heavy atom. The van der Waals surface area contributed by atoms with Gasteiger partial charge in [0, 0.05) is 0 Å². The maximum atomic E-state index is 3.55. The van der Waals surface area contributed by atoms with E-state index < -0.39 is 8.80 Å². The molecule has 0 aliphatic heterocycles. The summed E-state index contributed by atoms with van der Waals surface area (Å²) in [7, 11) is -0.779. The normalized spacial score (nSPS) is 21.0. The Kier molecular flexibility index (Phi) is 7.99. The number of aromatic nitrogens is 1. The van der Waals surface area contributed by atoms with Gasteiger partial charge in [0.25, 0.3) is 0 Å². The third kappa shape index (κ3) is 3.37. The predicted octanol–water partition coefficient (Wildman–Crippen LogP) is -1.78. The second-order valence-electron chi connectivity index (χ2n) is 6.70. The van der Waals surface area contributed by atoms with E-state index in [0.717, 1.165) is 0 Å². The largest absolute Gasteiger partial charge is 1.00 e. The topological polar surface area (TPSA) is 15.8 Å². The molecule has 1 N–H and O–H groups in total. The van der Waals surface area contributed by atoms with Gasteiger partial charge in [0.1, 0.15) is 0 Å². The summed E-state index contributed by atoms with van der Waals surface area (Å²) in [5.41, 5.74) is 7.70. The summed E-state index contributed by atoms with van der Waals surface area (Å²) in [5, 5.41) is 0.402. The molecule has 1 aliphatic carbocycles. The molecule has 1 aromatic heterocycles. The van der Waals surface area contributed by atoms with Crippen LogP contribution >= 0.6 is 0 Å². The van der Waals surface area contributed by atoms with E-state index in [4.69, 9.17) is 0 Å². The van der Waals surface area contributed by atoms with Crippen LogP contribution in [0.1, 0.15) is 38.8 Å². The van der Waals surface area contributed by atoms with Crippen molar-refractivity contribution >= 4 is 12.8 Å². The fraction of sp³-hybridized carbons (Fsp3) is 0.529. The van der Waals surface area contributed by atoms with Crippen LogP contribution in [0.3, 0.4) is 0 Å². The zero-order valence-corrected chi connectivity index (χ0v) is 19.1.